The number of rotatable bonds is 8. The van der Waals surface area contributed by atoms with Crippen LogP contribution in [0.2, 0.25) is 0 Å². The van der Waals surface area contributed by atoms with Gasteiger partial charge in [0.05, 0.1) is 35.4 Å². The van der Waals surface area contributed by atoms with Crippen molar-refractivity contribution in [3.63, 3.8) is 0 Å². The Hall–Kier alpha value is -3.19. The molecule has 0 N–H and O–H groups in total. The first-order valence-corrected chi connectivity index (χ1v) is 11.5. The molecule has 7 nitrogen and oxygen atoms in total. The van der Waals surface area contributed by atoms with Crippen molar-refractivity contribution in [3.8, 4) is 11.5 Å². The van der Waals surface area contributed by atoms with Gasteiger partial charge in [-0.2, -0.15) is 0 Å². The van der Waals surface area contributed by atoms with Gasteiger partial charge in [0.25, 0.3) is 0 Å². The van der Waals surface area contributed by atoms with Crippen LogP contribution in [0.25, 0.3) is 0 Å². The quantitative estimate of drug-likeness (QED) is 0.249. The minimum absolute atomic E-state index is 0.0285. The zero-order valence-electron chi connectivity index (χ0n) is 20.5. The standard InChI is InChI=1S/C27H33N2O5/c1-29(2,3)24-17-23(18-26(24)15-6-16-26)34-25(30)27(28-31,19-7-11-21(32-4)12-8-19)20-9-13-22(33-5)14-10-20/h6-15,23-24H,16-18H2,1-5H3/q+1/t23-,24?,26?/m0/s1. The number of esters is 1. The molecule has 1 fully saturated rings. The lowest BCUT2D eigenvalue weighted by Crippen LogP contribution is -2.52. The van der Waals surface area contributed by atoms with E-state index in [0.717, 1.165) is 23.7 Å². The van der Waals surface area contributed by atoms with E-state index in [-0.39, 0.29) is 11.5 Å². The van der Waals surface area contributed by atoms with Crippen molar-refractivity contribution in [1.82, 2.24) is 0 Å². The summed E-state index contributed by atoms with van der Waals surface area (Å²) in [5.41, 5.74) is -0.952. The van der Waals surface area contributed by atoms with Crippen molar-refractivity contribution in [1.29, 1.82) is 0 Å². The highest BCUT2D eigenvalue weighted by molar-refractivity contribution is 5.87. The van der Waals surface area contributed by atoms with Crippen molar-refractivity contribution in [3.05, 3.63) is 76.7 Å². The van der Waals surface area contributed by atoms with Gasteiger partial charge in [0.15, 0.2) is 0 Å². The Kier molecular flexibility index (Phi) is 6.25. The van der Waals surface area contributed by atoms with E-state index in [1.165, 1.54) is 0 Å². The molecule has 4 rings (SSSR count). The molecule has 0 aliphatic heterocycles. The van der Waals surface area contributed by atoms with E-state index in [9.17, 15) is 9.70 Å². The molecule has 2 aliphatic rings. The van der Waals surface area contributed by atoms with Crippen LogP contribution in [-0.2, 0) is 15.1 Å². The summed E-state index contributed by atoms with van der Waals surface area (Å²) < 4.78 is 17.4. The molecule has 180 valence electrons. The maximum Gasteiger partial charge on any atom is 0.347 e. The van der Waals surface area contributed by atoms with Gasteiger partial charge in [-0.3, -0.25) is 0 Å². The molecule has 3 atom stereocenters. The lowest BCUT2D eigenvalue weighted by molar-refractivity contribution is -0.902. The number of benzene rings is 2. The molecule has 2 aliphatic carbocycles. The van der Waals surface area contributed by atoms with Gasteiger partial charge >= 0.3 is 5.97 Å². The molecule has 0 radical (unpaired) electrons. The van der Waals surface area contributed by atoms with Gasteiger partial charge in [0.2, 0.25) is 5.54 Å². The smallest absolute Gasteiger partial charge is 0.347 e. The SMILES string of the molecule is COc1ccc(C(N=O)(C(=O)O[C@H]2CC([N+](C)(C)C)C3(C=CC3)C2)c2ccc(OC)cc2)cc1. The average molecular weight is 466 g/mol. The lowest BCUT2D eigenvalue weighted by atomic mass is 9.71. The summed E-state index contributed by atoms with van der Waals surface area (Å²) >= 11 is 0. The van der Waals surface area contributed by atoms with E-state index >= 15 is 0 Å². The second kappa shape index (κ2) is 8.87. The Balaban J connectivity index is 1.70. The molecule has 0 saturated heterocycles. The maximum absolute atomic E-state index is 13.8. The van der Waals surface area contributed by atoms with E-state index in [0.29, 0.717) is 28.7 Å². The molecule has 1 spiro atoms. The summed E-state index contributed by atoms with van der Waals surface area (Å²) in [5, 5.41) is 3.43. The highest BCUT2D eigenvalue weighted by Crippen LogP contribution is 2.52. The summed E-state index contributed by atoms with van der Waals surface area (Å²) in [6.07, 6.45) is 6.61. The highest BCUT2D eigenvalue weighted by Gasteiger charge is 2.56. The molecule has 1 saturated carbocycles. The van der Waals surface area contributed by atoms with Gasteiger partial charge in [-0.25, -0.2) is 4.79 Å². The molecule has 0 amide bonds. The van der Waals surface area contributed by atoms with E-state index < -0.39 is 11.5 Å². The van der Waals surface area contributed by atoms with Crippen LogP contribution in [0.1, 0.15) is 30.4 Å². The van der Waals surface area contributed by atoms with Crippen LogP contribution in [0.15, 0.2) is 65.9 Å². The van der Waals surface area contributed by atoms with E-state index in [1.807, 2.05) is 0 Å². The minimum atomic E-state index is -1.84. The summed E-state index contributed by atoms with van der Waals surface area (Å²) in [7, 11) is 9.65. The van der Waals surface area contributed by atoms with Crippen molar-refractivity contribution in [2.45, 2.75) is 36.9 Å². The predicted octanol–water partition coefficient (Wildman–Crippen LogP) is 4.44. The minimum Gasteiger partial charge on any atom is -0.497 e. The third-order valence-corrected chi connectivity index (χ3v) is 7.36. The zero-order chi connectivity index (χ0) is 24.6. The van der Waals surface area contributed by atoms with Crippen LogP contribution in [0.4, 0.5) is 0 Å². The molecule has 0 aromatic heterocycles. The first-order valence-electron chi connectivity index (χ1n) is 11.5. The number of carbonyl (C=O) groups is 1. The summed E-state index contributed by atoms with van der Waals surface area (Å²) in [5.74, 6) is 0.572. The summed E-state index contributed by atoms with van der Waals surface area (Å²) in [6, 6.07) is 13.9. The molecule has 34 heavy (non-hydrogen) atoms. The zero-order valence-corrected chi connectivity index (χ0v) is 20.5. The van der Waals surface area contributed by atoms with Crippen LogP contribution in [0, 0.1) is 10.3 Å². The second-order valence-corrected chi connectivity index (χ2v) is 10.2. The first-order chi connectivity index (χ1) is 16.2. The van der Waals surface area contributed by atoms with E-state index in [4.69, 9.17) is 14.2 Å². The third kappa shape index (κ3) is 3.98. The Morgan fingerprint density at radius 2 is 1.47 bits per heavy atom. The largest absolute Gasteiger partial charge is 0.497 e. The highest BCUT2D eigenvalue weighted by atomic mass is 16.5. The molecule has 0 bridgehead atoms. The van der Waals surface area contributed by atoms with Crippen LogP contribution < -0.4 is 9.47 Å². The molecule has 0 heterocycles. The third-order valence-electron chi connectivity index (χ3n) is 7.36. The number of nitrogens with zero attached hydrogens (tertiary/aromatic N) is 2. The topological polar surface area (TPSA) is 74.2 Å². The molecule has 2 unspecified atom stereocenters. The van der Waals surface area contributed by atoms with Crippen LogP contribution in [0.3, 0.4) is 0 Å². The van der Waals surface area contributed by atoms with Gasteiger partial charge in [0.1, 0.15) is 23.6 Å². The van der Waals surface area contributed by atoms with Crippen molar-refractivity contribution >= 4 is 5.97 Å². The number of nitroso groups, excluding NO2 is 1. The summed E-state index contributed by atoms with van der Waals surface area (Å²) in [4.78, 5) is 26.4. The van der Waals surface area contributed by atoms with E-state index in [2.05, 4.69) is 38.5 Å². The molecule has 2 aromatic rings. The van der Waals surface area contributed by atoms with Crippen molar-refractivity contribution < 1.29 is 23.5 Å². The van der Waals surface area contributed by atoms with Gasteiger partial charge in [0, 0.05) is 11.8 Å². The summed E-state index contributed by atoms with van der Waals surface area (Å²) in [6.45, 7) is 0. The Bertz CT molecular complexity index is 1020. The average Bonchev–Trinajstić information content (AvgIpc) is 3.21. The first kappa shape index (κ1) is 24.0. The molecular formula is C27H33N2O5+. The van der Waals surface area contributed by atoms with Crippen molar-refractivity contribution in [2.24, 2.45) is 10.6 Å². The van der Waals surface area contributed by atoms with Crippen molar-refractivity contribution in [2.75, 3.05) is 35.4 Å². The number of hydrogen-bond donors (Lipinski definition) is 0. The predicted molar refractivity (Wildman–Crippen MR) is 130 cm³/mol. The van der Waals surface area contributed by atoms with Crippen LogP contribution in [-0.4, -0.2) is 58.0 Å². The molecular weight excluding hydrogens is 432 g/mol. The lowest BCUT2D eigenvalue weighted by Gasteiger charge is -2.44. The fourth-order valence-electron chi connectivity index (χ4n) is 5.57. The van der Waals surface area contributed by atoms with E-state index in [1.54, 1.807) is 62.8 Å². The normalized spacial score (nSPS) is 23.9. The number of hydrogen-bond acceptors (Lipinski definition) is 6. The van der Waals surface area contributed by atoms with Gasteiger partial charge in [-0.15, -0.1) is 4.91 Å². The fourth-order valence-corrected chi connectivity index (χ4v) is 5.57. The Morgan fingerprint density at radius 1 is 0.971 bits per heavy atom. The number of allylic oxidation sites excluding steroid dienone is 1. The Labute approximate surface area is 200 Å². The second-order valence-electron chi connectivity index (χ2n) is 10.2. The van der Waals surface area contributed by atoms with Crippen LogP contribution in [0.5, 0.6) is 11.5 Å². The number of carbonyl (C=O) groups excluding carboxylic acids is 1. The monoisotopic (exact) mass is 465 g/mol. The maximum atomic E-state index is 13.8. The van der Waals surface area contributed by atoms with Gasteiger partial charge in [-0.1, -0.05) is 36.4 Å². The molecule has 7 heteroatoms. The fraction of sp³-hybridized carbons (Fsp3) is 0.444. The number of methoxy groups -OCH3 is 2. The Morgan fingerprint density at radius 3 is 1.79 bits per heavy atom. The molecule has 2 aromatic carbocycles. The number of ether oxygens (including phenoxy) is 3. The number of quaternary nitrogens is 1. The van der Waals surface area contributed by atoms with Gasteiger partial charge in [-0.05, 0) is 53.4 Å². The van der Waals surface area contributed by atoms with Gasteiger partial charge < -0.3 is 18.7 Å². The van der Waals surface area contributed by atoms with Crippen LogP contribution >= 0.6 is 0 Å².